The lowest BCUT2D eigenvalue weighted by atomic mass is 10.1. The minimum absolute atomic E-state index is 0.0906. The van der Waals surface area contributed by atoms with E-state index in [9.17, 15) is 4.79 Å². The number of anilines is 1. The van der Waals surface area contributed by atoms with Crippen LogP contribution in [0.5, 0.6) is 5.75 Å². The van der Waals surface area contributed by atoms with E-state index in [0.29, 0.717) is 19.1 Å². The van der Waals surface area contributed by atoms with Crippen molar-refractivity contribution in [3.8, 4) is 5.75 Å². The molecule has 0 aromatic heterocycles. The molecule has 0 bridgehead atoms. The van der Waals surface area contributed by atoms with Crippen LogP contribution in [0.15, 0.2) is 18.2 Å². The van der Waals surface area contributed by atoms with Gasteiger partial charge in [-0.2, -0.15) is 0 Å². The van der Waals surface area contributed by atoms with E-state index in [1.165, 1.54) is 12.8 Å². The third kappa shape index (κ3) is 3.47. The van der Waals surface area contributed by atoms with Gasteiger partial charge in [0.15, 0.2) is 0 Å². The minimum Gasteiger partial charge on any atom is -0.494 e. The number of nitrogens with one attached hydrogen (secondary N) is 1. The first-order valence-electron chi connectivity index (χ1n) is 6.92. The number of amides is 1. The summed E-state index contributed by atoms with van der Waals surface area (Å²) in [4.78, 5) is 12.0. The molecule has 1 atom stereocenters. The van der Waals surface area contributed by atoms with Gasteiger partial charge in [0.1, 0.15) is 5.75 Å². The molecule has 19 heavy (non-hydrogen) atoms. The largest absolute Gasteiger partial charge is 0.494 e. The molecule has 1 amide bonds. The molecule has 4 heteroatoms. The highest BCUT2D eigenvalue weighted by atomic mass is 16.5. The normalized spacial score (nSPS) is 15.9. The van der Waals surface area contributed by atoms with E-state index < -0.39 is 0 Å². The van der Waals surface area contributed by atoms with E-state index in [4.69, 9.17) is 10.5 Å². The third-order valence-corrected chi connectivity index (χ3v) is 3.59. The number of carbonyl (C=O) groups is 1. The Morgan fingerprint density at radius 2 is 2.26 bits per heavy atom. The van der Waals surface area contributed by atoms with Gasteiger partial charge in [-0.05, 0) is 43.9 Å². The molecule has 0 spiro atoms. The zero-order valence-corrected chi connectivity index (χ0v) is 11.6. The standard InChI is InChI=1S/C15H22N2O2/c1-3-19-14-7-6-13(8-12(14)9-16)17-15(18)10(2)11-4-5-11/h6-8,10-11H,3-5,9,16H2,1-2H3,(H,17,18). The van der Waals surface area contributed by atoms with Crippen molar-refractivity contribution in [3.05, 3.63) is 23.8 Å². The Morgan fingerprint density at radius 1 is 1.53 bits per heavy atom. The number of rotatable bonds is 6. The molecule has 0 saturated heterocycles. The van der Waals surface area contributed by atoms with Crippen molar-refractivity contribution in [2.45, 2.75) is 33.2 Å². The molecule has 0 radical (unpaired) electrons. The maximum absolute atomic E-state index is 12.0. The Labute approximate surface area is 114 Å². The van der Waals surface area contributed by atoms with E-state index in [1.54, 1.807) is 0 Å². The molecule has 1 fully saturated rings. The number of hydrogen-bond acceptors (Lipinski definition) is 3. The minimum atomic E-state index is 0.0906. The topological polar surface area (TPSA) is 64.3 Å². The van der Waals surface area contributed by atoms with Gasteiger partial charge in [-0.1, -0.05) is 6.92 Å². The quantitative estimate of drug-likeness (QED) is 0.828. The highest BCUT2D eigenvalue weighted by molar-refractivity contribution is 5.92. The molecular weight excluding hydrogens is 240 g/mol. The second kappa shape index (κ2) is 6.06. The molecule has 0 aliphatic heterocycles. The van der Waals surface area contributed by atoms with Gasteiger partial charge in [0, 0.05) is 23.7 Å². The summed E-state index contributed by atoms with van der Waals surface area (Å²) in [5.74, 6) is 1.54. The summed E-state index contributed by atoms with van der Waals surface area (Å²) in [6, 6.07) is 5.62. The van der Waals surface area contributed by atoms with Gasteiger partial charge in [0.05, 0.1) is 6.61 Å². The molecule has 1 unspecified atom stereocenters. The van der Waals surface area contributed by atoms with Gasteiger partial charge in [-0.3, -0.25) is 4.79 Å². The van der Waals surface area contributed by atoms with Crippen molar-refractivity contribution in [2.75, 3.05) is 11.9 Å². The Hall–Kier alpha value is -1.55. The molecule has 2 rings (SSSR count). The molecule has 104 valence electrons. The van der Waals surface area contributed by atoms with E-state index in [0.717, 1.165) is 17.0 Å². The van der Waals surface area contributed by atoms with Crippen molar-refractivity contribution in [1.82, 2.24) is 0 Å². The average Bonchev–Trinajstić information content (AvgIpc) is 3.24. The molecular formula is C15H22N2O2. The van der Waals surface area contributed by atoms with Gasteiger partial charge in [0.25, 0.3) is 0 Å². The van der Waals surface area contributed by atoms with Crippen LogP contribution in [0.4, 0.5) is 5.69 Å². The number of hydrogen-bond donors (Lipinski definition) is 2. The molecule has 1 aromatic carbocycles. The van der Waals surface area contributed by atoms with Crippen LogP contribution >= 0.6 is 0 Å². The maximum atomic E-state index is 12.0. The fourth-order valence-electron chi connectivity index (χ4n) is 2.18. The highest BCUT2D eigenvalue weighted by Gasteiger charge is 2.32. The van der Waals surface area contributed by atoms with Crippen molar-refractivity contribution < 1.29 is 9.53 Å². The summed E-state index contributed by atoms with van der Waals surface area (Å²) >= 11 is 0. The molecule has 1 saturated carbocycles. The van der Waals surface area contributed by atoms with Crippen LogP contribution in [0.25, 0.3) is 0 Å². The lowest BCUT2D eigenvalue weighted by Gasteiger charge is -2.14. The first-order valence-corrected chi connectivity index (χ1v) is 6.92. The van der Waals surface area contributed by atoms with Crippen LogP contribution in [-0.2, 0) is 11.3 Å². The van der Waals surface area contributed by atoms with Gasteiger partial charge in [0.2, 0.25) is 5.91 Å². The van der Waals surface area contributed by atoms with Crippen LogP contribution < -0.4 is 15.8 Å². The summed E-state index contributed by atoms with van der Waals surface area (Å²) in [5.41, 5.74) is 7.41. The molecule has 0 heterocycles. The maximum Gasteiger partial charge on any atom is 0.227 e. The van der Waals surface area contributed by atoms with Crippen molar-refractivity contribution in [1.29, 1.82) is 0 Å². The van der Waals surface area contributed by atoms with Gasteiger partial charge in [-0.15, -0.1) is 0 Å². The fourth-order valence-corrected chi connectivity index (χ4v) is 2.18. The van der Waals surface area contributed by atoms with Gasteiger partial charge >= 0.3 is 0 Å². The first kappa shape index (κ1) is 13.9. The zero-order valence-electron chi connectivity index (χ0n) is 11.6. The SMILES string of the molecule is CCOc1ccc(NC(=O)C(C)C2CC2)cc1CN. The predicted molar refractivity (Wildman–Crippen MR) is 76.0 cm³/mol. The summed E-state index contributed by atoms with van der Waals surface area (Å²) in [5, 5.41) is 2.96. The lowest BCUT2D eigenvalue weighted by Crippen LogP contribution is -2.22. The van der Waals surface area contributed by atoms with E-state index >= 15 is 0 Å². The number of benzene rings is 1. The Bertz CT molecular complexity index is 455. The molecule has 4 nitrogen and oxygen atoms in total. The Balaban J connectivity index is 2.05. The average molecular weight is 262 g/mol. The van der Waals surface area contributed by atoms with Gasteiger partial charge in [-0.25, -0.2) is 0 Å². The zero-order chi connectivity index (χ0) is 13.8. The monoisotopic (exact) mass is 262 g/mol. The van der Waals surface area contributed by atoms with Crippen LogP contribution in [0.1, 0.15) is 32.3 Å². The second-order valence-electron chi connectivity index (χ2n) is 5.07. The van der Waals surface area contributed by atoms with E-state index in [2.05, 4.69) is 5.32 Å². The summed E-state index contributed by atoms with van der Waals surface area (Å²) in [6.07, 6.45) is 2.35. The van der Waals surface area contributed by atoms with Crippen molar-refractivity contribution in [2.24, 2.45) is 17.6 Å². The number of ether oxygens (including phenoxy) is 1. The highest BCUT2D eigenvalue weighted by Crippen LogP contribution is 2.37. The van der Waals surface area contributed by atoms with Crippen LogP contribution in [0, 0.1) is 11.8 Å². The molecule has 1 aliphatic carbocycles. The third-order valence-electron chi connectivity index (χ3n) is 3.59. The lowest BCUT2D eigenvalue weighted by molar-refractivity contribution is -0.119. The fraction of sp³-hybridized carbons (Fsp3) is 0.533. The molecule has 3 N–H and O–H groups in total. The predicted octanol–water partition coefficient (Wildman–Crippen LogP) is 2.53. The summed E-state index contributed by atoms with van der Waals surface area (Å²) in [6.45, 7) is 4.94. The molecule has 1 aromatic rings. The Kier molecular flexibility index (Phi) is 4.43. The van der Waals surface area contributed by atoms with Crippen molar-refractivity contribution in [3.63, 3.8) is 0 Å². The van der Waals surface area contributed by atoms with Crippen LogP contribution in [0.3, 0.4) is 0 Å². The smallest absolute Gasteiger partial charge is 0.227 e. The van der Waals surface area contributed by atoms with Crippen LogP contribution in [-0.4, -0.2) is 12.5 Å². The first-order chi connectivity index (χ1) is 9.15. The Morgan fingerprint density at radius 3 is 2.84 bits per heavy atom. The second-order valence-corrected chi connectivity index (χ2v) is 5.07. The number of nitrogens with two attached hydrogens (primary N) is 1. The molecule has 1 aliphatic rings. The number of carbonyl (C=O) groups excluding carboxylic acids is 1. The van der Waals surface area contributed by atoms with Crippen LogP contribution in [0.2, 0.25) is 0 Å². The van der Waals surface area contributed by atoms with E-state index in [1.807, 2.05) is 32.0 Å². The van der Waals surface area contributed by atoms with Crippen molar-refractivity contribution >= 4 is 11.6 Å². The summed E-state index contributed by atoms with van der Waals surface area (Å²) in [7, 11) is 0. The summed E-state index contributed by atoms with van der Waals surface area (Å²) < 4.78 is 5.49. The van der Waals surface area contributed by atoms with Gasteiger partial charge < -0.3 is 15.8 Å². The van der Waals surface area contributed by atoms with E-state index in [-0.39, 0.29) is 11.8 Å².